The predicted molar refractivity (Wildman–Crippen MR) is 186 cm³/mol. The van der Waals surface area contributed by atoms with E-state index < -0.39 is 5.97 Å². The highest BCUT2D eigenvalue weighted by atomic mass is 32.2. The SMILES string of the molecule is O=C(O)c1ccc(OCCCN2C(=O)C(=Cc3ccc(OCCN4CCOCC4)c(-c4ccc5ccccc5c4)c3)SC2=S)cc1. The minimum atomic E-state index is -0.984. The number of fused-ring (bicyclic) bond motifs is 1. The second-order valence-electron chi connectivity index (χ2n) is 11.0. The number of thiocarbonyl (C=S) groups is 1. The molecule has 0 radical (unpaired) electrons. The number of carbonyl (C=O) groups is 2. The van der Waals surface area contributed by atoms with Crippen LogP contribution >= 0.6 is 24.0 Å². The van der Waals surface area contributed by atoms with Gasteiger partial charge in [-0.3, -0.25) is 14.6 Å². The number of aromatic carboxylic acids is 1. The number of hydrogen-bond donors (Lipinski definition) is 1. The third kappa shape index (κ3) is 7.76. The summed E-state index contributed by atoms with van der Waals surface area (Å²) in [6.45, 7) is 5.50. The average Bonchev–Trinajstić information content (AvgIpc) is 3.34. The van der Waals surface area contributed by atoms with Crippen molar-refractivity contribution in [1.82, 2.24) is 9.80 Å². The lowest BCUT2D eigenvalue weighted by Crippen LogP contribution is -2.38. The van der Waals surface area contributed by atoms with Crippen LogP contribution < -0.4 is 9.47 Å². The maximum Gasteiger partial charge on any atom is 0.335 e. The minimum absolute atomic E-state index is 0.126. The second-order valence-corrected chi connectivity index (χ2v) is 12.7. The number of morpholine rings is 1. The molecule has 8 nitrogen and oxygen atoms in total. The summed E-state index contributed by atoms with van der Waals surface area (Å²) in [4.78, 5) is 28.9. The van der Waals surface area contributed by atoms with Crippen LogP contribution in [0.4, 0.5) is 0 Å². The molecule has 46 heavy (non-hydrogen) atoms. The largest absolute Gasteiger partial charge is 0.494 e. The van der Waals surface area contributed by atoms with Crippen LogP contribution in [0.25, 0.3) is 28.0 Å². The molecule has 0 aliphatic carbocycles. The van der Waals surface area contributed by atoms with Gasteiger partial charge >= 0.3 is 5.97 Å². The fraction of sp³-hybridized carbons (Fsp3) is 0.250. The lowest BCUT2D eigenvalue weighted by atomic mass is 9.98. The van der Waals surface area contributed by atoms with Gasteiger partial charge in [-0.25, -0.2) is 4.79 Å². The van der Waals surface area contributed by atoms with E-state index in [4.69, 9.17) is 31.5 Å². The monoisotopic (exact) mass is 654 g/mol. The Kier molecular flexibility index (Phi) is 10.3. The van der Waals surface area contributed by atoms with Gasteiger partial charge in [-0.05, 0) is 76.9 Å². The topological polar surface area (TPSA) is 88.5 Å². The molecule has 4 aromatic rings. The number of carboxylic acids is 1. The number of ether oxygens (including phenoxy) is 3. The molecule has 2 saturated heterocycles. The molecule has 236 valence electrons. The molecule has 10 heteroatoms. The molecule has 6 rings (SSSR count). The van der Waals surface area contributed by atoms with E-state index in [1.54, 1.807) is 17.0 Å². The van der Waals surface area contributed by atoms with E-state index in [2.05, 4.69) is 41.3 Å². The summed E-state index contributed by atoms with van der Waals surface area (Å²) in [5, 5.41) is 11.4. The molecule has 0 aromatic heterocycles. The molecular formula is C36H34N2O6S2. The number of amides is 1. The van der Waals surface area contributed by atoms with Crippen molar-refractivity contribution in [2.45, 2.75) is 6.42 Å². The number of rotatable bonds is 12. The Morgan fingerprint density at radius 2 is 1.70 bits per heavy atom. The van der Waals surface area contributed by atoms with Gasteiger partial charge in [0, 0.05) is 31.7 Å². The van der Waals surface area contributed by atoms with Gasteiger partial charge < -0.3 is 19.3 Å². The van der Waals surface area contributed by atoms with Crippen molar-refractivity contribution in [1.29, 1.82) is 0 Å². The number of benzene rings is 4. The van der Waals surface area contributed by atoms with Crippen molar-refractivity contribution >= 4 is 57.0 Å². The zero-order valence-electron chi connectivity index (χ0n) is 25.2. The van der Waals surface area contributed by atoms with Gasteiger partial charge in [0.2, 0.25) is 0 Å². The van der Waals surface area contributed by atoms with E-state index in [-0.39, 0.29) is 11.5 Å². The van der Waals surface area contributed by atoms with Crippen LogP contribution in [0.15, 0.2) is 89.8 Å². The predicted octanol–water partition coefficient (Wildman–Crippen LogP) is 6.59. The highest BCUT2D eigenvalue weighted by Gasteiger charge is 2.31. The van der Waals surface area contributed by atoms with Crippen molar-refractivity contribution in [3.05, 3.63) is 101 Å². The lowest BCUT2D eigenvalue weighted by molar-refractivity contribution is -0.122. The number of thioether (sulfide) groups is 1. The van der Waals surface area contributed by atoms with E-state index >= 15 is 0 Å². The molecule has 0 spiro atoms. The summed E-state index contributed by atoms with van der Waals surface area (Å²) in [6, 6.07) is 27.0. The van der Waals surface area contributed by atoms with Crippen LogP contribution in [-0.4, -0.2) is 83.7 Å². The van der Waals surface area contributed by atoms with Crippen molar-refractivity contribution in [3.63, 3.8) is 0 Å². The maximum atomic E-state index is 13.4. The van der Waals surface area contributed by atoms with Crippen LogP contribution in [0.3, 0.4) is 0 Å². The number of carbonyl (C=O) groups excluding carboxylic acids is 1. The van der Waals surface area contributed by atoms with E-state index in [1.165, 1.54) is 29.3 Å². The first-order chi connectivity index (χ1) is 22.4. The summed E-state index contributed by atoms with van der Waals surface area (Å²) >= 11 is 6.86. The third-order valence-corrected chi connectivity index (χ3v) is 9.28. The Morgan fingerprint density at radius 1 is 0.913 bits per heavy atom. The molecular weight excluding hydrogens is 621 g/mol. The van der Waals surface area contributed by atoms with E-state index in [1.807, 2.05) is 30.3 Å². The molecule has 2 heterocycles. The van der Waals surface area contributed by atoms with E-state index in [9.17, 15) is 9.59 Å². The second kappa shape index (κ2) is 14.9. The van der Waals surface area contributed by atoms with Gasteiger partial charge in [0.1, 0.15) is 22.4 Å². The molecule has 2 aliphatic rings. The van der Waals surface area contributed by atoms with Crippen LogP contribution in [0.2, 0.25) is 0 Å². The Morgan fingerprint density at radius 3 is 2.48 bits per heavy atom. The maximum absolute atomic E-state index is 13.4. The Hall–Kier alpha value is -4.22. The molecule has 1 N–H and O–H groups in total. The van der Waals surface area contributed by atoms with Gasteiger partial charge in [-0.2, -0.15) is 0 Å². The van der Waals surface area contributed by atoms with Crippen LogP contribution in [0.1, 0.15) is 22.3 Å². The highest BCUT2D eigenvalue weighted by molar-refractivity contribution is 8.26. The first-order valence-corrected chi connectivity index (χ1v) is 16.4. The van der Waals surface area contributed by atoms with Crippen LogP contribution in [0.5, 0.6) is 11.5 Å². The summed E-state index contributed by atoms with van der Waals surface area (Å²) < 4.78 is 18.1. The fourth-order valence-corrected chi connectivity index (χ4v) is 6.71. The van der Waals surface area contributed by atoms with Gasteiger partial charge in [-0.1, -0.05) is 66.4 Å². The average molecular weight is 655 g/mol. The molecule has 2 fully saturated rings. The normalized spacial score (nSPS) is 16.3. The fourth-order valence-electron chi connectivity index (χ4n) is 5.41. The standard InChI is InChI=1S/C36H34N2O6S2/c39-34-33(46-36(45)38(34)14-3-18-43-30-11-9-27(10-12-30)35(40)41)23-25-6-13-32(44-21-17-37-15-19-42-20-16-37)31(22-25)29-8-7-26-4-1-2-5-28(26)24-29/h1-2,4-13,22-24H,3,14-21H2,(H,40,41). The highest BCUT2D eigenvalue weighted by Crippen LogP contribution is 2.36. The zero-order chi connectivity index (χ0) is 31.9. The first kappa shape index (κ1) is 31.7. The number of hydrogen-bond acceptors (Lipinski definition) is 8. The molecule has 4 aromatic carbocycles. The zero-order valence-corrected chi connectivity index (χ0v) is 26.9. The van der Waals surface area contributed by atoms with Gasteiger partial charge in [0.15, 0.2) is 0 Å². The number of carboxylic acid groups (broad SMARTS) is 1. The van der Waals surface area contributed by atoms with E-state index in [0.29, 0.717) is 41.2 Å². The first-order valence-electron chi connectivity index (χ1n) is 15.2. The quantitative estimate of drug-likeness (QED) is 0.103. The third-order valence-electron chi connectivity index (χ3n) is 7.90. The molecule has 1 amide bonds. The van der Waals surface area contributed by atoms with Gasteiger partial charge in [0.25, 0.3) is 5.91 Å². The van der Waals surface area contributed by atoms with Crippen molar-refractivity contribution in [2.75, 3.05) is 52.6 Å². The van der Waals surface area contributed by atoms with Crippen molar-refractivity contribution < 1.29 is 28.9 Å². The smallest absolute Gasteiger partial charge is 0.335 e. The Bertz CT molecular complexity index is 1770. The number of nitrogens with zero attached hydrogens (tertiary/aromatic N) is 2. The molecule has 0 atom stereocenters. The summed E-state index contributed by atoms with van der Waals surface area (Å²) in [5.74, 6) is 0.262. The molecule has 0 unspecified atom stereocenters. The molecule has 0 saturated carbocycles. The summed E-state index contributed by atoms with van der Waals surface area (Å²) in [7, 11) is 0. The molecule has 0 bridgehead atoms. The van der Waals surface area contributed by atoms with Crippen molar-refractivity contribution in [2.24, 2.45) is 0 Å². The summed E-state index contributed by atoms with van der Waals surface area (Å²) in [6.07, 6.45) is 2.46. The van der Waals surface area contributed by atoms with E-state index in [0.717, 1.165) is 60.7 Å². The summed E-state index contributed by atoms with van der Waals surface area (Å²) in [5.41, 5.74) is 3.09. The van der Waals surface area contributed by atoms with Crippen LogP contribution in [0, 0.1) is 0 Å². The Balaban J connectivity index is 1.15. The van der Waals surface area contributed by atoms with Gasteiger partial charge in [0.05, 0.1) is 30.3 Å². The molecule has 2 aliphatic heterocycles. The van der Waals surface area contributed by atoms with Crippen LogP contribution in [-0.2, 0) is 9.53 Å². The lowest BCUT2D eigenvalue weighted by Gasteiger charge is -2.26. The van der Waals surface area contributed by atoms with Gasteiger partial charge in [-0.15, -0.1) is 0 Å². The Labute approximate surface area is 277 Å². The minimum Gasteiger partial charge on any atom is -0.494 e. The van der Waals surface area contributed by atoms with Crippen molar-refractivity contribution in [3.8, 4) is 22.6 Å².